The topological polar surface area (TPSA) is 66.7 Å². The van der Waals surface area contributed by atoms with Crippen molar-refractivity contribution in [3.05, 3.63) is 66.3 Å². The molecule has 0 aliphatic heterocycles. The number of imidazole rings is 1. The zero-order chi connectivity index (χ0) is 16.4. The lowest BCUT2D eigenvalue weighted by Crippen LogP contribution is -2.06. The monoisotopic (exact) mass is 322 g/mol. The average Bonchev–Trinajstić information content (AvgIpc) is 3.22. The fraction of sp³-hybridized carbons (Fsp3) is 0.111. The van der Waals surface area contributed by atoms with Gasteiger partial charge in [-0.15, -0.1) is 0 Å². The van der Waals surface area contributed by atoms with E-state index in [0.717, 1.165) is 28.2 Å². The number of para-hydroxylation sites is 2. The highest BCUT2D eigenvalue weighted by molar-refractivity contribution is 5.77. The standard InChI is InChI=1S/C18H15FN4O/c19-13-7-5-12(6-8-13)17-21-14(11-24-17)9-10-20-18-22-15-3-1-2-4-16(15)23-18/h1-8,11H,9-10H2,(H2,20,22,23). The van der Waals surface area contributed by atoms with Gasteiger partial charge in [0.25, 0.3) is 0 Å². The van der Waals surface area contributed by atoms with Crippen molar-refractivity contribution in [3.8, 4) is 11.5 Å². The van der Waals surface area contributed by atoms with Crippen LogP contribution in [-0.2, 0) is 6.42 Å². The summed E-state index contributed by atoms with van der Waals surface area (Å²) < 4.78 is 18.4. The number of benzene rings is 2. The summed E-state index contributed by atoms with van der Waals surface area (Å²) in [5.41, 5.74) is 3.52. The molecule has 0 unspecified atom stereocenters. The first-order valence-electron chi connectivity index (χ1n) is 7.67. The number of hydrogen-bond donors (Lipinski definition) is 2. The van der Waals surface area contributed by atoms with Crippen LogP contribution in [0.25, 0.3) is 22.5 Å². The second-order valence-corrected chi connectivity index (χ2v) is 5.43. The Morgan fingerprint density at radius 2 is 1.88 bits per heavy atom. The predicted molar refractivity (Wildman–Crippen MR) is 90.2 cm³/mol. The molecule has 0 saturated carbocycles. The lowest BCUT2D eigenvalue weighted by atomic mass is 10.2. The lowest BCUT2D eigenvalue weighted by Gasteiger charge is -1.99. The van der Waals surface area contributed by atoms with Gasteiger partial charge in [0.05, 0.1) is 16.7 Å². The minimum atomic E-state index is -0.277. The van der Waals surface area contributed by atoms with E-state index >= 15 is 0 Å². The number of H-pyrrole nitrogens is 1. The molecule has 24 heavy (non-hydrogen) atoms. The average molecular weight is 322 g/mol. The van der Waals surface area contributed by atoms with Gasteiger partial charge >= 0.3 is 0 Å². The van der Waals surface area contributed by atoms with Crippen molar-refractivity contribution in [2.75, 3.05) is 11.9 Å². The molecule has 2 heterocycles. The fourth-order valence-corrected chi connectivity index (χ4v) is 2.49. The van der Waals surface area contributed by atoms with Gasteiger partial charge in [-0.05, 0) is 36.4 Å². The molecule has 2 aromatic heterocycles. The van der Waals surface area contributed by atoms with E-state index < -0.39 is 0 Å². The highest BCUT2D eigenvalue weighted by atomic mass is 19.1. The SMILES string of the molecule is Fc1ccc(-c2nc(CCNc3nc4ccccc4[nH]3)co2)cc1. The van der Waals surface area contributed by atoms with Crippen LogP contribution in [0.15, 0.2) is 59.2 Å². The number of rotatable bonds is 5. The van der Waals surface area contributed by atoms with Crippen molar-refractivity contribution < 1.29 is 8.81 Å². The molecule has 2 N–H and O–H groups in total. The van der Waals surface area contributed by atoms with Gasteiger partial charge in [-0.25, -0.2) is 14.4 Å². The Balaban J connectivity index is 1.38. The predicted octanol–water partition coefficient (Wildman–Crippen LogP) is 4.01. The van der Waals surface area contributed by atoms with Gasteiger partial charge in [0.15, 0.2) is 0 Å². The van der Waals surface area contributed by atoms with Crippen LogP contribution in [0.4, 0.5) is 10.3 Å². The van der Waals surface area contributed by atoms with Gasteiger partial charge in [-0.1, -0.05) is 12.1 Å². The molecule has 6 heteroatoms. The minimum absolute atomic E-state index is 0.277. The van der Waals surface area contributed by atoms with Crippen LogP contribution in [0, 0.1) is 5.82 Å². The molecule has 0 fully saturated rings. The van der Waals surface area contributed by atoms with Crippen LogP contribution < -0.4 is 5.32 Å². The minimum Gasteiger partial charge on any atom is -0.444 e. The van der Waals surface area contributed by atoms with Crippen LogP contribution in [0.2, 0.25) is 0 Å². The maximum absolute atomic E-state index is 12.9. The summed E-state index contributed by atoms with van der Waals surface area (Å²) in [6.45, 7) is 0.676. The molecular formula is C18H15FN4O. The molecule has 0 amide bonds. The quantitative estimate of drug-likeness (QED) is 0.582. The molecule has 0 atom stereocenters. The first-order chi connectivity index (χ1) is 11.8. The summed E-state index contributed by atoms with van der Waals surface area (Å²) in [5, 5.41) is 3.24. The summed E-state index contributed by atoms with van der Waals surface area (Å²) in [4.78, 5) is 12.1. The van der Waals surface area contributed by atoms with Crippen LogP contribution >= 0.6 is 0 Å². The summed E-state index contributed by atoms with van der Waals surface area (Å²) in [5.74, 6) is 0.952. The van der Waals surface area contributed by atoms with Crippen molar-refractivity contribution in [2.45, 2.75) is 6.42 Å². The Bertz CT molecular complexity index is 925. The summed E-state index contributed by atoms with van der Waals surface area (Å²) in [6, 6.07) is 14.0. The van der Waals surface area contributed by atoms with Crippen LogP contribution in [0.1, 0.15) is 5.69 Å². The number of nitrogens with zero attached hydrogens (tertiary/aromatic N) is 2. The largest absolute Gasteiger partial charge is 0.444 e. The van der Waals surface area contributed by atoms with E-state index in [1.54, 1.807) is 18.4 Å². The van der Waals surface area contributed by atoms with Gasteiger partial charge in [0, 0.05) is 18.5 Å². The zero-order valence-electron chi connectivity index (χ0n) is 12.8. The molecular weight excluding hydrogens is 307 g/mol. The lowest BCUT2D eigenvalue weighted by molar-refractivity contribution is 0.572. The van der Waals surface area contributed by atoms with Crippen molar-refractivity contribution in [1.82, 2.24) is 15.0 Å². The maximum atomic E-state index is 12.9. The Morgan fingerprint density at radius 1 is 1.04 bits per heavy atom. The highest BCUT2D eigenvalue weighted by Crippen LogP contribution is 2.19. The van der Waals surface area contributed by atoms with E-state index in [9.17, 15) is 4.39 Å². The Morgan fingerprint density at radius 3 is 2.71 bits per heavy atom. The number of nitrogens with one attached hydrogen (secondary N) is 2. The normalized spacial score (nSPS) is 11.0. The Kier molecular flexibility index (Phi) is 3.70. The third-order valence-corrected chi connectivity index (χ3v) is 3.71. The van der Waals surface area contributed by atoms with E-state index in [1.165, 1.54) is 12.1 Å². The van der Waals surface area contributed by atoms with Gasteiger partial charge in [0.1, 0.15) is 12.1 Å². The number of halogens is 1. The van der Waals surface area contributed by atoms with Crippen molar-refractivity contribution in [3.63, 3.8) is 0 Å². The van der Waals surface area contributed by atoms with Crippen LogP contribution in [0.5, 0.6) is 0 Å². The molecule has 0 radical (unpaired) electrons. The van der Waals surface area contributed by atoms with Gasteiger partial charge < -0.3 is 14.7 Å². The fourth-order valence-electron chi connectivity index (χ4n) is 2.49. The van der Waals surface area contributed by atoms with E-state index in [0.29, 0.717) is 18.9 Å². The van der Waals surface area contributed by atoms with Crippen molar-refractivity contribution in [2.24, 2.45) is 0 Å². The van der Waals surface area contributed by atoms with Gasteiger partial charge in [-0.2, -0.15) is 0 Å². The van der Waals surface area contributed by atoms with E-state index in [1.807, 2.05) is 24.3 Å². The van der Waals surface area contributed by atoms with E-state index in [4.69, 9.17) is 4.42 Å². The van der Waals surface area contributed by atoms with E-state index in [2.05, 4.69) is 20.3 Å². The molecule has 2 aromatic carbocycles. The number of aromatic nitrogens is 3. The van der Waals surface area contributed by atoms with E-state index in [-0.39, 0.29) is 5.82 Å². The van der Waals surface area contributed by atoms with Gasteiger partial charge in [0.2, 0.25) is 11.8 Å². The second-order valence-electron chi connectivity index (χ2n) is 5.43. The molecule has 4 rings (SSSR count). The number of aromatic amines is 1. The summed E-state index contributed by atoms with van der Waals surface area (Å²) >= 11 is 0. The van der Waals surface area contributed by atoms with Crippen molar-refractivity contribution >= 4 is 17.0 Å². The molecule has 4 aromatic rings. The first-order valence-corrected chi connectivity index (χ1v) is 7.67. The molecule has 0 bridgehead atoms. The summed E-state index contributed by atoms with van der Waals surface area (Å²) in [7, 11) is 0. The third kappa shape index (κ3) is 2.99. The van der Waals surface area contributed by atoms with Gasteiger partial charge in [-0.3, -0.25) is 0 Å². The smallest absolute Gasteiger partial charge is 0.226 e. The Labute approximate surface area is 137 Å². The molecule has 0 aliphatic carbocycles. The second kappa shape index (κ2) is 6.16. The highest BCUT2D eigenvalue weighted by Gasteiger charge is 2.07. The van der Waals surface area contributed by atoms with Crippen LogP contribution in [-0.4, -0.2) is 21.5 Å². The number of anilines is 1. The zero-order valence-corrected chi connectivity index (χ0v) is 12.8. The van der Waals surface area contributed by atoms with Crippen molar-refractivity contribution in [1.29, 1.82) is 0 Å². The Hall–Kier alpha value is -3.15. The maximum Gasteiger partial charge on any atom is 0.226 e. The molecule has 0 aliphatic rings. The number of fused-ring (bicyclic) bond motifs is 1. The molecule has 5 nitrogen and oxygen atoms in total. The summed E-state index contributed by atoms with van der Waals surface area (Å²) in [6.07, 6.45) is 2.32. The molecule has 120 valence electrons. The number of oxazole rings is 1. The number of hydrogen-bond acceptors (Lipinski definition) is 4. The third-order valence-electron chi connectivity index (χ3n) is 3.71. The molecule has 0 spiro atoms. The molecule has 0 saturated heterocycles. The first kappa shape index (κ1) is 14.4. The van der Waals surface area contributed by atoms with Crippen LogP contribution in [0.3, 0.4) is 0 Å².